The summed E-state index contributed by atoms with van der Waals surface area (Å²) in [5.74, 6) is -5.78. The maximum atomic E-state index is 15.1. The fraction of sp³-hybridized carbons (Fsp3) is 0.273. The van der Waals surface area contributed by atoms with E-state index in [9.17, 15) is 18.0 Å². The Bertz CT molecular complexity index is 1410. The van der Waals surface area contributed by atoms with Gasteiger partial charge in [0, 0.05) is 12.1 Å². The number of carbonyl (C=O) groups is 1. The largest absolute Gasteiger partial charge is 0.487 e. The summed E-state index contributed by atoms with van der Waals surface area (Å²) in [7, 11) is 0. The van der Waals surface area contributed by atoms with Gasteiger partial charge in [-0.1, -0.05) is 5.10 Å². The van der Waals surface area contributed by atoms with Gasteiger partial charge in [-0.3, -0.25) is 4.79 Å². The number of fused-ring (bicyclic) bond motifs is 1. The van der Waals surface area contributed by atoms with Gasteiger partial charge < -0.3 is 24.6 Å². The SMILES string of the molecule is O=C(O)C1CCC(Oc2ccc3nc(-c4nnc(Nc5cc(F)c(F)cc5F)o4)[nH]c3c2F)CC1. The third-order valence-corrected chi connectivity index (χ3v) is 5.76. The average molecular weight is 491 g/mol. The maximum absolute atomic E-state index is 15.1. The number of aromatic nitrogens is 4. The van der Waals surface area contributed by atoms with Gasteiger partial charge in [-0.15, -0.1) is 5.10 Å². The molecule has 0 atom stereocenters. The Morgan fingerprint density at radius 2 is 1.80 bits per heavy atom. The van der Waals surface area contributed by atoms with Crippen LogP contribution in [0.3, 0.4) is 0 Å². The highest BCUT2D eigenvalue weighted by molar-refractivity contribution is 5.80. The van der Waals surface area contributed by atoms with Crippen LogP contribution in [-0.2, 0) is 4.79 Å². The first-order chi connectivity index (χ1) is 16.8. The second-order valence-electron chi connectivity index (χ2n) is 8.07. The fourth-order valence-corrected chi connectivity index (χ4v) is 3.93. The van der Waals surface area contributed by atoms with Gasteiger partial charge in [0.15, 0.2) is 29.0 Å². The Morgan fingerprint density at radius 1 is 1.06 bits per heavy atom. The maximum Gasteiger partial charge on any atom is 0.320 e. The van der Waals surface area contributed by atoms with Crippen LogP contribution in [0, 0.1) is 29.2 Å². The summed E-state index contributed by atoms with van der Waals surface area (Å²) >= 11 is 0. The Hall–Kier alpha value is -4.16. The third-order valence-electron chi connectivity index (χ3n) is 5.76. The quantitative estimate of drug-likeness (QED) is 0.256. The van der Waals surface area contributed by atoms with Crippen LogP contribution >= 0.6 is 0 Å². The smallest absolute Gasteiger partial charge is 0.320 e. The summed E-state index contributed by atoms with van der Waals surface area (Å²) in [4.78, 5) is 18.0. The van der Waals surface area contributed by atoms with Gasteiger partial charge in [-0.05, 0) is 37.8 Å². The van der Waals surface area contributed by atoms with Gasteiger partial charge in [-0.2, -0.15) is 0 Å². The molecule has 0 amide bonds. The first-order valence-electron chi connectivity index (χ1n) is 10.6. The van der Waals surface area contributed by atoms with E-state index in [0.29, 0.717) is 37.8 Å². The molecule has 2 aromatic heterocycles. The zero-order chi connectivity index (χ0) is 24.7. The molecule has 35 heavy (non-hydrogen) atoms. The zero-order valence-electron chi connectivity index (χ0n) is 17.8. The number of carboxylic acids is 1. The van der Waals surface area contributed by atoms with Crippen molar-refractivity contribution in [3.05, 3.63) is 47.5 Å². The van der Waals surface area contributed by atoms with Gasteiger partial charge >= 0.3 is 12.0 Å². The van der Waals surface area contributed by atoms with Crippen molar-refractivity contribution in [3.63, 3.8) is 0 Å². The van der Waals surface area contributed by atoms with E-state index in [1.807, 2.05) is 0 Å². The summed E-state index contributed by atoms with van der Waals surface area (Å²) in [6.45, 7) is 0. The summed E-state index contributed by atoms with van der Waals surface area (Å²) < 4.78 is 66.5. The Balaban J connectivity index is 1.33. The average Bonchev–Trinajstić information content (AvgIpc) is 3.47. The number of nitrogens with one attached hydrogen (secondary N) is 2. The van der Waals surface area contributed by atoms with Crippen LogP contribution in [-0.4, -0.2) is 37.3 Å². The number of imidazole rings is 1. The van der Waals surface area contributed by atoms with E-state index in [0.717, 1.165) is 0 Å². The number of nitrogens with zero attached hydrogens (tertiary/aromatic N) is 3. The van der Waals surface area contributed by atoms with Crippen molar-refractivity contribution in [1.82, 2.24) is 20.2 Å². The molecule has 3 N–H and O–H groups in total. The zero-order valence-corrected chi connectivity index (χ0v) is 17.8. The first-order valence-corrected chi connectivity index (χ1v) is 10.6. The predicted octanol–water partition coefficient (Wildman–Crippen LogP) is 4.94. The Kier molecular flexibility index (Phi) is 5.75. The number of halogens is 4. The fourth-order valence-electron chi connectivity index (χ4n) is 3.93. The number of ether oxygens (including phenoxy) is 1. The molecular weight excluding hydrogens is 474 g/mol. The monoisotopic (exact) mass is 491 g/mol. The molecule has 1 fully saturated rings. The number of aromatic amines is 1. The summed E-state index contributed by atoms with van der Waals surface area (Å²) in [6, 6.07) is 3.60. The van der Waals surface area contributed by atoms with Gasteiger partial charge in [0.05, 0.1) is 23.2 Å². The number of H-pyrrole nitrogens is 1. The number of rotatable bonds is 6. The lowest BCUT2D eigenvalue weighted by atomic mass is 9.87. The number of hydrogen-bond acceptors (Lipinski definition) is 7. The number of carboxylic acid groups (broad SMARTS) is 1. The molecule has 0 bridgehead atoms. The molecular formula is C22H17F4N5O4. The minimum absolute atomic E-state index is 0.00632. The molecule has 0 aliphatic heterocycles. The molecule has 1 aliphatic rings. The molecule has 1 saturated carbocycles. The number of hydrogen-bond donors (Lipinski definition) is 3. The van der Waals surface area contributed by atoms with Crippen molar-refractivity contribution in [3.8, 4) is 17.5 Å². The van der Waals surface area contributed by atoms with Gasteiger partial charge in [-0.25, -0.2) is 22.5 Å². The predicted molar refractivity (Wildman–Crippen MR) is 113 cm³/mol. The van der Waals surface area contributed by atoms with Gasteiger partial charge in [0.25, 0.3) is 5.89 Å². The number of anilines is 2. The molecule has 4 aromatic rings. The van der Waals surface area contributed by atoms with E-state index in [1.165, 1.54) is 12.1 Å². The van der Waals surface area contributed by atoms with Crippen LogP contribution in [0.25, 0.3) is 22.7 Å². The van der Waals surface area contributed by atoms with Crippen molar-refractivity contribution >= 4 is 28.7 Å². The number of aliphatic carboxylic acids is 1. The van der Waals surface area contributed by atoms with Crippen molar-refractivity contribution in [2.45, 2.75) is 31.8 Å². The molecule has 2 aromatic carbocycles. The Labute approximate surface area is 194 Å². The van der Waals surface area contributed by atoms with E-state index in [4.69, 9.17) is 14.3 Å². The van der Waals surface area contributed by atoms with Crippen LogP contribution in [0.5, 0.6) is 5.75 Å². The van der Waals surface area contributed by atoms with Gasteiger partial charge in [0.2, 0.25) is 0 Å². The molecule has 2 heterocycles. The molecule has 0 spiro atoms. The van der Waals surface area contributed by atoms with E-state index < -0.39 is 40.8 Å². The summed E-state index contributed by atoms with van der Waals surface area (Å²) in [5, 5.41) is 18.9. The van der Waals surface area contributed by atoms with Crippen molar-refractivity contribution in [2.24, 2.45) is 5.92 Å². The van der Waals surface area contributed by atoms with Crippen LogP contribution < -0.4 is 10.1 Å². The second kappa shape index (κ2) is 8.89. The molecule has 0 radical (unpaired) electrons. The topological polar surface area (TPSA) is 126 Å². The molecule has 9 nitrogen and oxygen atoms in total. The lowest BCUT2D eigenvalue weighted by molar-refractivity contribution is -0.143. The first kappa shape index (κ1) is 22.6. The number of benzene rings is 2. The van der Waals surface area contributed by atoms with Crippen LogP contribution in [0.4, 0.5) is 29.3 Å². The van der Waals surface area contributed by atoms with Crippen molar-refractivity contribution < 1.29 is 36.6 Å². The van der Waals surface area contributed by atoms with E-state index in [1.54, 1.807) is 0 Å². The highest BCUT2D eigenvalue weighted by Gasteiger charge is 2.28. The molecule has 1 aliphatic carbocycles. The lowest BCUT2D eigenvalue weighted by Crippen LogP contribution is -2.28. The van der Waals surface area contributed by atoms with E-state index >= 15 is 4.39 Å². The van der Waals surface area contributed by atoms with Crippen LogP contribution in [0.2, 0.25) is 0 Å². The molecule has 182 valence electrons. The van der Waals surface area contributed by atoms with Crippen molar-refractivity contribution in [1.29, 1.82) is 0 Å². The molecule has 13 heteroatoms. The molecule has 5 rings (SSSR count). The van der Waals surface area contributed by atoms with Crippen molar-refractivity contribution in [2.75, 3.05) is 5.32 Å². The van der Waals surface area contributed by atoms with E-state index in [2.05, 4.69) is 25.5 Å². The van der Waals surface area contributed by atoms with E-state index in [-0.39, 0.29) is 40.6 Å². The third kappa shape index (κ3) is 4.48. The minimum atomic E-state index is -1.35. The molecule has 0 saturated heterocycles. The standard InChI is InChI=1S/C22H17F4N5O4/c23-11-7-13(25)15(8-12(11)24)28-22-31-30-20(35-22)19-27-14-5-6-16(17(26)18(14)29-19)34-10-3-1-9(2-4-10)21(32)33/h5-10H,1-4H2,(H,27,29)(H,28,31)(H,32,33). The summed E-state index contributed by atoms with van der Waals surface area (Å²) in [5.41, 5.74) is -0.149. The lowest BCUT2D eigenvalue weighted by Gasteiger charge is -2.26. The highest BCUT2D eigenvalue weighted by atomic mass is 19.2. The second-order valence-corrected chi connectivity index (χ2v) is 8.07. The molecule has 0 unspecified atom stereocenters. The normalized spacial score (nSPS) is 18.1. The van der Waals surface area contributed by atoms with Crippen LogP contribution in [0.1, 0.15) is 25.7 Å². The van der Waals surface area contributed by atoms with Crippen LogP contribution in [0.15, 0.2) is 28.7 Å². The summed E-state index contributed by atoms with van der Waals surface area (Å²) in [6.07, 6.45) is 1.61. The Morgan fingerprint density at radius 3 is 2.54 bits per heavy atom. The highest BCUT2D eigenvalue weighted by Crippen LogP contribution is 2.32. The minimum Gasteiger partial charge on any atom is -0.487 e. The van der Waals surface area contributed by atoms with Gasteiger partial charge in [0.1, 0.15) is 11.3 Å².